The molecule has 4 aliphatic carbocycles. The first-order valence-corrected chi connectivity index (χ1v) is 27.1. The molecule has 3 amide bonds. The Bertz CT molecular complexity index is 3750. The van der Waals surface area contributed by atoms with Crippen molar-refractivity contribution in [2.24, 2.45) is 17.2 Å². The van der Waals surface area contributed by atoms with Gasteiger partial charge in [0.15, 0.2) is 5.82 Å². The van der Waals surface area contributed by atoms with E-state index in [2.05, 4.69) is 6.07 Å². The number of carbonyl (C=O) groups is 4. The number of anilines is 2. The summed E-state index contributed by atoms with van der Waals surface area (Å²) in [6, 6.07) is 23.9. The molecule has 18 nitrogen and oxygen atoms in total. The van der Waals surface area contributed by atoms with Gasteiger partial charge in [0, 0.05) is 0 Å². The Labute approximate surface area is 474 Å². The number of ether oxygens (including phenoxy) is 4. The van der Waals surface area contributed by atoms with Gasteiger partial charge in [-0.05, 0) is 138 Å². The molecule has 4 saturated carbocycles. The molecule has 11 rings (SSSR count). The number of benzene rings is 5. The number of amides is 3. The second-order valence-corrected chi connectivity index (χ2v) is 20.9. The van der Waals surface area contributed by atoms with Crippen LogP contribution in [-0.2, 0) is 0 Å². The topological polar surface area (TPSA) is 351 Å². The van der Waals surface area contributed by atoms with Crippen molar-refractivity contribution >= 4 is 77.9 Å². The summed E-state index contributed by atoms with van der Waals surface area (Å²) in [5.41, 5.74) is 28.1. The van der Waals surface area contributed by atoms with Crippen molar-refractivity contribution in [3.8, 4) is 47.3 Å². The molecule has 4 fully saturated rings. The zero-order valence-corrected chi connectivity index (χ0v) is 45.1. The van der Waals surface area contributed by atoms with Gasteiger partial charge < -0.3 is 52.7 Å². The molecule has 0 saturated heterocycles. The third-order valence-electron chi connectivity index (χ3n) is 13.5. The molecule has 0 unspecified atom stereocenters. The van der Waals surface area contributed by atoms with Gasteiger partial charge in [-0.2, -0.15) is 21.0 Å². The highest BCUT2D eigenvalue weighted by molar-refractivity contribution is 7.22. The first kappa shape index (κ1) is 60.0. The number of aromatic carboxylic acids is 1. The maximum absolute atomic E-state index is 13.7. The van der Waals surface area contributed by atoms with E-state index in [1.165, 1.54) is 24.3 Å². The van der Waals surface area contributed by atoms with Crippen LogP contribution in [0.25, 0.3) is 20.2 Å². The van der Waals surface area contributed by atoms with Gasteiger partial charge in [-0.1, -0.05) is 12.1 Å². The van der Waals surface area contributed by atoms with Crippen molar-refractivity contribution in [3.05, 3.63) is 139 Å². The average molecular weight is 1160 g/mol. The lowest BCUT2D eigenvalue weighted by molar-refractivity contribution is 0.0690. The van der Waals surface area contributed by atoms with E-state index >= 15 is 0 Å². The standard InChI is InChI=1S/C14H15N3O3S.C14H13N3O2S.C12H10FNO3.C11H10FNO.C7H3F2N/c15-10-9-8(20-6-2-1-3-6)5-4-7(13(16)18)11(9)21-12(10)14(17)19;15-6-7-4-5-9(19-8-2-1-3-8)10-11(16)13(14(17)18)20-12(7)10;13-11-8(12(15)16)4-5-10(9(11)6-14)17-7-2-1-3-7;12-10-5-2-6-11(9(10)7-13)14-8-3-1-4-8;8-6-2-1-3-7(9)5(6)4-10/h4-6H,1-3,15H2,(H2,16,18)(H2,17,19);4-5,8H,1-3,16H2,(H2,17,18);4-5,7H,1-3H2,(H,15,16);2,5-6,8H,1,3-4H2;1-3H. The summed E-state index contributed by atoms with van der Waals surface area (Å²) in [5, 5.41) is 44.8. The quantitative estimate of drug-likeness (QED) is 0.0619. The van der Waals surface area contributed by atoms with E-state index in [4.69, 9.17) is 73.8 Å². The van der Waals surface area contributed by atoms with Crippen LogP contribution in [0.4, 0.5) is 28.9 Å². The van der Waals surface area contributed by atoms with Crippen LogP contribution >= 0.6 is 22.7 Å². The summed E-state index contributed by atoms with van der Waals surface area (Å²) in [7, 11) is 0. The van der Waals surface area contributed by atoms with Crippen molar-refractivity contribution in [3.63, 3.8) is 0 Å². The van der Waals surface area contributed by atoms with Crippen LogP contribution in [0.1, 0.15) is 139 Å². The summed E-state index contributed by atoms with van der Waals surface area (Å²) in [5.74, 6) is -4.66. The number of hydrogen-bond acceptors (Lipinski definition) is 16. The normalized spacial score (nSPS) is 14.2. The first-order chi connectivity index (χ1) is 39.3. The van der Waals surface area contributed by atoms with Crippen LogP contribution in [0.2, 0.25) is 0 Å². The van der Waals surface area contributed by atoms with Crippen LogP contribution < -0.4 is 47.6 Å². The number of carboxylic acids is 1. The molecule has 0 spiro atoms. The van der Waals surface area contributed by atoms with E-state index in [0.29, 0.717) is 54.2 Å². The van der Waals surface area contributed by atoms with E-state index in [1.54, 1.807) is 42.5 Å². The number of nitrogen functional groups attached to an aromatic ring is 2. The van der Waals surface area contributed by atoms with E-state index in [-0.39, 0.29) is 56.7 Å². The Morgan fingerprint density at radius 1 is 0.476 bits per heavy atom. The summed E-state index contributed by atoms with van der Waals surface area (Å²) < 4.78 is 75.5. The highest BCUT2D eigenvalue weighted by Gasteiger charge is 2.28. The number of nitriles is 4. The van der Waals surface area contributed by atoms with E-state index in [1.807, 2.05) is 6.07 Å². The summed E-state index contributed by atoms with van der Waals surface area (Å²) in [6.07, 6.45) is 12.8. The minimum Gasteiger partial charge on any atom is -0.490 e. The SMILES string of the molecule is N#Cc1c(F)cccc1F.N#Cc1c(F)cccc1OC1CCC1.N#Cc1c(OC2CCC2)ccc(C(=O)O)c1F.N#Cc1ccc(OC2CCC2)c2c(N)c(C(N)=O)sc12.NC(=O)c1sc2c(C(N)=O)ccc(OC3CCC3)c2c1N. The Hall–Kier alpha value is -9.62. The molecular weight excluding hydrogens is 1110 g/mol. The van der Waals surface area contributed by atoms with Gasteiger partial charge >= 0.3 is 5.97 Å². The molecule has 7 aromatic rings. The van der Waals surface area contributed by atoms with E-state index in [9.17, 15) is 36.7 Å². The van der Waals surface area contributed by atoms with Crippen molar-refractivity contribution in [2.45, 2.75) is 101 Å². The third kappa shape index (κ3) is 13.7. The Kier molecular flexibility index (Phi) is 19.8. The van der Waals surface area contributed by atoms with Crippen molar-refractivity contribution in [1.29, 1.82) is 21.0 Å². The van der Waals surface area contributed by atoms with Gasteiger partial charge in [0.2, 0.25) is 5.91 Å². The summed E-state index contributed by atoms with van der Waals surface area (Å²) in [4.78, 5) is 45.6. The number of primary amides is 3. The number of fused-ring (bicyclic) bond motifs is 2. The molecule has 5 aromatic carbocycles. The zero-order chi connectivity index (χ0) is 59.4. The molecular formula is C58H51F4N9O9S2. The molecule has 2 aromatic heterocycles. The van der Waals surface area contributed by atoms with Crippen molar-refractivity contribution < 1.29 is 60.8 Å². The fourth-order valence-corrected chi connectivity index (χ4v) is 10.3. The van der Waals surface area contributed by atoms with Gasteiger partial charge in [-0.25, -0.2) is 22.4 Å². The highest BCUT2D eigenvalue weighted by atomic mass is 32.1. The lowest BCUT2D eigenvalue weighted by Gasteiger charge is -2.27. The summed E-state index contributed by atoms with van der Waals surface area (Å²) in [6.45, 7) is 0. The third-order valence-corrected chi connectivity index (χ3v) is 16.0. The number of halogens is 4. The predicted octanol–water partition coefficient (Wildman–Crippen LogP) is 10.8. The van der Waals surface area contributed by atoms with Gasteiger partial charge in [0.1, 0.15) is 91.2 Å². The predicted molar refractivity (Wildman–Crippen MR) is 296 cm³/mol. The minimum absolute atomic E-state index is 0.0113. The van der Waals surface area contributed by atoms with Crippen molar-refractivity contribution in [2.75, 3.05) is 11.5 Å². The molecule has 0 radical (unpaired) electrons. The summed E-state index contributed by atoms with van der Waals surface area (Å²) >= 11 is 2.22. The number of hydrogen-bond donors (Lipinski definition) is 6. The molecule has 2 heterocycles. The molecule has 24 heteroatoms. The number of thiophene rings is 2. The molecule has 0 bridgehead atoms. The Balaban J connectivity index is 0.000000151. The number of rotatable bonds is 12. The first-order valence-electron chi connectivity index (χ1n) is 25.4. The zero-order valence-electron chi connectivity index (χ0n) is 43.4. The van der Waals surface area contributed by atoms with Gasteiger partial charge in [-0.3, -0.25) is 14.4 Å². The van der Waals surface area contributed by atoms with Gasteiger partial charge in [0.05, 0.1) is 72.7 Å². The second-order valence-electron chi connectivity index (χ2n) is 18.9. The fourth-order valence-electron chi connectivity index (χ4n) is 8.15. The van der Waals surface area contributed by atoms with Gasteiger partial charge in [-0.15, -0.1) is 22.7 Å². The monoisotopic (exact) mass is 1160 g/mol. The smallest absolute Gasteiger partial charge is 0.338 e. The molecule has 11 N–H and O–H groups in total. The number of nitrogens with two attached hydrogens (primary N) is 5. The lowest BCUT2D eigenvalue weighted by Crippen LogP contribution is -2.25. The van der Waals surface area contributed by atoms with Crippen LogP contribution in [0.3, 0.4) is 0 Å². The van der Waals surface area contributed by atoms with Crippen LogP contribution in [0.5, 0.6) is 23.0 Å². The maximum atomic E-state index is 13.7. The number of carboxylic acid groups (broad SMARTS) is 1. The second kappa shape index (κ2) is 27.0. The molecule has 4 aliphatic rings. The fraction of sp³-hybridized carbons (Fsp3) is 0.276. The maximum Gasteiger partial charge on any atom is 0.338 e. The van der Waals surface area contributed by atoms with Crippen LogP contribution in [0, 0.1) is 68.6 Å². The molecule has 0 atom stereocenters. The lowest BCUT2D eigenvalue weighted by atomic mass is 9.96. The Morgan fingerprint density at radius 2 is 0.854 bits per heavy atom. The number of carbonyl (C=O) groups excluding carboxylic acids is 3. The van der Waals surface area contributed by atoms with Crippen LogP contribution in [-0.4, -0.2) is 53.2 Å². The van der Waals surface area contributed by atoms with Crippen LogP contribution in [0.15, 0.2) is 72.8 Å². The van der Waals surface area contributed by atoms with E-state index < -0.39 is 58.1 Å². The Morgan fingerprint density at radius 3 is 1.24 bits per heavy atom. The van der Waals surface area contributed by atoms with Gasteiger partial charge in [0.25, 0.3) is 11.8 Å². The average Bonchev–Trinajstić information content (AvgIpc) is 4.09. The van der Waals surface area contributed by atoms with E-state index in [0.717, 1.165) is 118 Å². The number of nitrogens with zero attached hydrogens (tertiary/aromatic N) is 4. The van der Waals surface area contributed by atoms with Crippen molar-refractivity contribution in [1.82, 2.24) is 0 Å². The molecule has 422 valence electrons. The molecule has 0 aliphatic heterocycles. The largest absolute Gasteiger partial charge is 0.490 e. The minimum atomic E-state index is -1.39. The highest BCUT2D eigenvalue weighted by Crippen LogP contribution is 2.44. The molecule has 82 heavy (non-hydrogen) atoms.